The Kier molecular flexibility index (Phi) is 4.23. The summed E-state index contributed by atoms with van der Waals surface area (Å²) in [5, 5.41) is 3.82. The number of furan rings is 1. The average Bonchev–Trinajstić information content (AvgIpc) is 3.12. The van der Waals surface area contributed by atoms with Crippen LogP contribution in [0.1, 0.15) is 21.7 Å². The fraction of sp³-hybridized carbons (Fsp3) is 0.0909. The third kappa shape index (κ3) is 3.22. The van der Waals surface area contributed by atoms with Gasteiger partial charge in [0.25, 0.3) is 5.91 Å². The average molecular weight is 342 g/mol. The second kappa shape index (κ2) is 6.84. The largest absolute Gasteiger partial charge is 0.460 e. The van der Waals surface area contributed by atoms with Crippen LogP contribution in [0.3, 0.4) is 0 Å². The van der Waals surface area contributed by atoms with Gasteiger partial charge in [0.05, 0.1) is 11.1 Å². The SMILES string of the molecule is Cc1ccc(-c2cc(C(=O)NCc3ccccc3)c3ccccc3n2)o1. The molecule has 0 bridgehead atoms. The normalized spacial score (nSPS) is 10.8. The molecule has 0 radical (unpaired) electrons. The smallest absolute Gasteiger partial charge is 0.252 e. The first kappa shape index (κ1) is 16.1. The van der Waals surface area contributed by atoms with Crippen LogP contribution in [0.5, 0.6) is 0 Å². The van der Waals surface area contributed by atoms with Crippen LogP contribution < -0.4 is 5.32 Å². The van der Waals surface area contributed by atoms with Crippen molar-refractivity contribution in [2.75, 3.05) is 0 Å². The maximum Gasteiger partial charge on any atom is 0.252 e. The van der Waals surface area contributed by atoms with Crippen molar-refractivity contribution < 1.29 is 9.21 Å². The molecule has 0 aliphatic carbocycles. The molecule has 4 aromatic rings. The summed E-state index contributed by atoms with van der Waals surface area (Å²) in [7, 11) is 0. The van der Waals surface area contributed by atoms with Crippen LogP contribution in [0, 0.1) is 6.92 Å². The van der Waals surface area contributed by atoms with Crippen LogP contribution in [0.2, 0.25) is 0 Å². The number of para-hydroxylation sites is 1. The van der Waals surface area contributed by atoms with Crippen molar-refractivity contribution in [2.24, 2.45) is 0 Å². The fourth-order valence-electron chi connectivity index (χ4n) is 2.94. The number of pyridine rings is 1. The first-order chi connectivity index (χ1) is 12.7. The molecule has 4 heteroatoms. The maximum absolute atomic E-state index is 12.9. The summed E-state index contributed by atoms with van der Waals surface area (Å²) in [4.78, 5) is 17.5. The lowest BCUT2D eigenvalue weighted by Crippen LogP contribution is -2.23. The number of aryl methyl sites for hydroxylation is 1. The van der Waals surface area contributed by atoms with Gasteiger partial charge in [-0.2, -0.15) is 0 Å². The van der Waals surface area contributed by atoms with Gasteiger partial charge in [-0.1, -0.05) is 48.5 Å². The Balaban J connectivity index is 1.71. The van der Waals surface area contributed by atoms with Gasteiger partial charge in [0.1, 0.15) is 11.5 Å². The van der Waals surface area contributed by atoms with Gasteiger partial charge < -0.3 is 9.73 Å². The number of hydrogen-bond acceptors (Lipinski definition) is 3. The first-order valence-corrected chi connectivity index (χ1v) is 8.49. The Morgan fingerprint density at radius 2 is 1.77 bits per heavy atom. The number of fused-ring (bicyclic) bond motifs is 1. The van der Waals surface area contributed by atoms with Gasteiger partial charge in [0.15, 0.2) is 5.76 Å². The topological polar surface area (TPSA) is 55.1 Å². The van der Waals surface area contributed by atoms with E-state index in [1.165, 1.54) is 0 Å². The number of amides is 1. The summed E-state index contributed by atoms with van der Waals surface area (Å²) in [6, 6.07) is 23.1. The molecule has 0 spiro atoms. The van der Waals surface area contributed by atoms with Gasteiger partial charge >= 0.3 is 0 Å². The highest BCUT2D eigenvalue weighted by Crippen LogP contribution is 2.26. The van der Waals surface area contributed by atoms with Gasteiger partial charge in [0, 0.05) is 11.9 Å². The summed E-state index contributed by atoms with van der Waals surface area (Å²) in [6.07, 6.45) is 0. The summed E-state index contributed by atoms with van der Waals surface area (Å²) in [6.45, 7) is 2.36. The number of benzene rings is 2. The van der Waals surface area contributed by atoms with Crippen LogP contribution in [-0.4, -0.2) is 10.9 Å². The van der Waals surface area contributed by atoms with E-state index in [-0.39, 0.29) is 5.91 Å². The van der Waals surface area contributed by atoms with Crippen LogP contribution in [0.15, 0.2) is 77.2 Å². The quantitative estimate of drug-likeness (QED) is 0.583. The molecule has 0 atom stereocenters. The van der Waals surface area contributed by atoms with Gasteiger partial charge in [-0.05, 0) is 36.8 Å². The molecule has 0 aliphatic rings. The van der Waals surface area contributed by atoms with Gasteiger partial charge in [-0.3, -0.25) is 4.79 Å². The molecule has 0 saturated carbocycles. The lowest BCUT2D eigenvalue weighted by Gasteiger charge is -2.10. The zero-order valence-corrected chi connectivity index (χ0v) is 14.4. The number of rotatable bonds is 4. The molecular weight excluding hydrogens is 324 g/mol. The predicted molar refractivity (Wildman–Crippen MR) is 102 cm³/mol. The Morgan fingerprint density at radius 3 is 2.54 bits per heavy atom. The van der Waals surface area contributed by atoms with Crippen LogP contribution in [-0.2, 0) is 6.54 Å². The summed E-state index contributed by atoms with van der Waals surface area (Å²) in [5.41, 5.74) is 3.07. The second-order valence-electron chi connectivity index (χ2n) is 6.15. The third-order valence-electron chi connectivity index (χ3n) is 4.25. The number of carbonyl (C=O) groups excluding carboxylic acids is 1. The highest BCUT2D eigenvalue weighted by Gasteiger charge is 2.15. The van der Waals surface area contributed by atoms with Crippen molar-refractivity contribution in [3.63, 3.8) is 0 Å². The molecule has 4 rings (SSSR count). The molecule has 2 aromatic carbocycles. The highest BCUT2D eigenvalue weighted by molar-refractivity contribution is 6.07. The lowest BCUT2D eigenvalue weighted by molar-refractivity contribution is 0.0952. The number of hydrogen-bond donors (Lipinski definition) is 1. The summed E-state index contributed by atoms with van der Waals surface area (Å²) in [5.74, 6) is 1.34. The lowest BCUT2D eigenvalue weighted by atomic mass is 10.1. The van der Waals surface area contributed by atoms with Crippen LogP contribution in [0.25, 0.3) is 22.4 Å². The monoisotopic (exact) mass is 342 g/mol. The van der Waals surface area contributed by atoms with E-state index in [4.69, 9.17) is 4.42 Å². The molecule has 1 N–H and O–H groups in total. The van der Waals surface area contributed by atoms with Crippen molar-refractivity contribution in [1.82, 2.24) is 10.3 Å². The van der Waals surface area contributed by atoms with Crippen LogP contribution >= 0.6 is 0 Å². The van der Waals surface area contributed by atoms with E-state index in [1.54, 1.807) is 6.07 Å². The van der Waals surface area contributed by atoms with E-state index in [1.807, 2.05) is 73.7 Å². The van der Waals surface area contributed by atoms with Gasteiger partial charge in [-0.25, -0.2) is 4.98 Å². The molecule has 0 aliphatic heterocycles. The van der Waals surface area contributed by atoms with Crippen molar-refractivity contribution in [2.45, 2.75) is 13.5 Å². The third-order valence-corrected chi connectivity index (χ3v) is 4.25. The molecule has 2 aromatic heterocycles. The predicted octanol–water partition coefficient (Wildman–Crippen LogP) is 4.73. The number of carbonyl (C=O) groups is 1. The van der Waals surface area contributed by atoms with Crippen molar-refractivity contribution in [1.29, 1.82) is 0 Å². The van der Waals surface area contributed by atoms with Crippen molar-refractivity contribution in [3.05, 3.63) is 89.7 Å². The molecule has 26 heavy (non-hydrogen) atoms. The Labute approximate surface area is 151 Å². The van der Waals surface area contributed by atoms with E-state index in [0.717, 1.165) is 22.2 Å². The van der Waals surface area contributed by atoms with Crippen molar-refractivity contribution in [3.8, 4) is 11.5 Å². The van der Waals surface area contributed by atoms with E-state index in [2.05, 4.69) is 10.3 Å². The molecule has 2 heterocycles. The molecule has 128 valence electrons. The molecule has 4 nitrogen and oxygen atoms in total. The zero-order chi connectivity index (χ0) is 17.9. The Hall–Kier alpha value is -3.40. The van der Waals surface area contributed by atoms with Crippen LogP contribution in [0.4, 0.5) is 0 Å². The molecule has 0 fully saturated rings. The first-order valence-electron chi connectivity index (χ1n) is 8.49. The highest BCUT2D eigenvalue weighted by atomic mass is 16.3. The van der Waals surface area contributed by atoms with E-state index in [0.29, 0.717) is 23.6 Å². The van der Waals surface area contributed by atoms with E-state index < -0.39 is 0 Å². The van der Waals surface area contributed by atoms with E-state index >= 15 is 0 Å². The van der Waals surface area contributed by atoms with Gasteiger partial charge in [-0.15, -0.1) is 0 Å². The Morgan fingerprint density at radius 1 is 1.00 bits per heavy atom. The summed E-state index contributed by atoms with van der Waals surface area (Å²) >= 11 is 0. The maximum atomic E-state index is 12.9. The fourth-order valence-corrected chi connectivity index (χ4v) is 2.94. The zero-order valence-electron chi connectivity index (χ0n) is 14.4. The molecular formula is C22H18N2O2. The number of nitrogens with zero attached hydrogens (tertiary/aromatic N) is 1. The minimum absolute atomic E-state index is 0.128. The standard InChI is InChI=1S/C22H18N2O2/c1-15-11-12-21(26-15)20-13-18(17-9-5-6-10-19(17)24-20)22(25)23-14-16-7-3-2-4-8-16/h2-13H,14H2,1H3,(H,23,25). The number of nitrogens with one attached hydrogen (secondary N) is 1. The van der Waals surface area contributed by atoms with E-state index in [9.17, 15) is 4.79 Å². The van der Waals surface area contributed by atoms with Gasteiger partial charge in [0.2, 0.25) is 0 Å². The number of aromatic nitrogens is 1. The molecule has 0 unspecified atom stereocenters. The minimum Gasteiger partial charge on any atom is -0.460 e. The minimum atomic E-state index is -0.128. The molecule has 1 amide bonds. The Bertz CT molecular complexity index is 1070. The van der Waals surface area contributed by atoms with Crippen molar-refractivity contribution >= 4 is 16.8 Å². The molecule has 0 saturated heterocycles. The second-order valence-corrected chi connectivity index (χ2v) is 6.15. The summed E-state index contributed by atoms with van der Waals surface area (Å²) < 4.78 is 5.69.